The Hall–Kier alpha value is -1.07. The topological polar surface area (TPSA) is 44.4 Å². The molecule has 2 heterocycles. The monoisotopic (exact) mass is 309 g/mol. The van der Waals surface area contributed by atoms with Crippen molar-refractivity contribution in [3.05, 3.63) is 22.4 Å². The first-order chi connectivity index (χ1) is 10.2. The Labute approximate surface area is 131 Å². The van der Waals surface area contributed by atoms with Crippen LogP contribution < -0.4 is 10.6 Å². The summed E-state index contributed by atoms with van der Waals surface area (Å²) in [7, 11) is 0. The number of carbonyl (C=O) groups excluding carboxylic acids is 1. The summed E-state index contributed by atoms with van der Waals surface area (Å²) in [5, 5.41) is 8.10. The first-order valence-electron chi connectivity index (χ1n) is 7.96. The van der Waals surface area contributed by atoms with Crippen molar-refractivity contribution in [3.63, 3.8) is 0 Å². The summed E-state index contributed by atoms with van der Waals surface area (Å²) in [5.74, 6) is 0.618. The number of urea groups is 1. The molecule has 1 saturated heterocycles. The highest BCUT2D eigenvalue weighted by Gasteiger charge is 2.20. The molecule has 21 heavy (non-hydrogen) atoms. The van der Waals surface area contributed by atoms with Crippen molar-refractivity contribution >= 4 is 17.4 Å². The molecular formula is C16H27N3OS. The first kappa shape index (κ1) is 16.3. The van der Waals surface area contributed by atoms with E-state index in [1.54, 1.807) is 0 Å². The third kappa shape index (κ3) is 5.67. The molecule has 1 aromatic rings. The maximum absolute atomic E-state index is 11.7. The third-order valence-corrected chi connectivity index (χ3v) is 5.07. The van der Waals surface area contributed by atoms with Crippen molar-refractivity contribution in [2.75, 3.05) is 19.6 Å². The number of hydrogen-bond donors (Lipinski definition) is 2. The Bertz CT molecular complexity index is 413. The molecule has 1 atom stereocenters. The second-order valence-electron chi connectivity index (χ2n) is 5.96. The summed E-state index contributed by atoms with van der Waals surface area (Å²) in [6.45, 7) is 8.26. The lowest BCUT2D eigenvalue weighted by Gasteiger charge is -2.31. The smallest absolute Gasteiger partial charge is 0.315 e. The van der Waals surface area contributed by atoms with Gasteiger partial charge in [0.25, 0.3) is 0 Å². The van der Waals surface area contributed by atoms with Crippen LogP contribution in [0.2, 0.25) is 0 Å². The molecule has 1 aromatic heterocycles. The van der Waals surface area contributed by atoms with E-state index in [0.29, 0.717) is 5.92 Å². The van der Waals surface area contributed by atoms with Crippen LogP contribution in [0.25, 0.3) is 0 Å². The van der Waals surface area contributed by atoms with Crippen molar-refractivity contribution in [2.45, 2.75) is 45.7 Å². The zero-order chi connectivity index (χ0) is 15.1. The third-order valence-electron chi connectivity index (χ3n) is 4.21. The minimum atomic E-state index is -0.0228. The fourth-order valence-corrected chi connectivity index (χ4v) is 3.33. The van der Waals surface area contributed by atoms with Crippen molar-refractivity contribution in [3.8, 4) is 0 Å². The van der Waals surface area contributed by atoms with E-state index in [-0.39, 0.29) is 12.1 Å². The van der Waals surface area contributed by atoms with Gasteiger partial charge in [-0.3, -0.25) is 4.90 Å². The number of thiophene rings is 1. The van der Waals surface area contributed by atoms with E-state index in [9.17, 15) is 4.79 Å². The summed E-state index contributed by atoms with van der Waals surface area (Å²) in [6, 6.07) is 4.55. The van der Waals surface area contributed by atoms with Gasteiger partial charge in [-0.25, -0.2) is 4.79 Å². The van der Waals surface area contributed by atoms with Gasteiger partial charge >= 0.3 is 6.03 Å². The molecule has 2 N–H and O–H groups in total. The van der Waals surface area contributed by atoms with Gasteiger partial charge in [-0.05, 0) is 56.6 Å². The molecular weight excluding hydrogens is 282 g/mol. The Morgan fingerprint density at radius 2 is 2.24 bits per heavy atom. The van der Waals surface area contributed by atoms with E-state index in [4.69, 9.17) is 0 Å². The molecule has 2 rings (SSSR count). The molecule has 0 saturated carbocycles. The standard InChI is InChI=1S/C16H27N3OS/c1-3-13(2)18-16(20)17-11-14-6-8-19(9-7-14)12-15-5-4-10-21-15/h4-5,10,13-14H,3,6-9,11-12H2,1-2H3,(H2,17,18,20). The number of piperidine rings is 1. The minimum absolute atomic E-state index is 0.0228. The van der Waals surface area contributed by atoms with Crippen LogP contribution in [0.4, 0.5) is 4.79 Å². The van der Waals surface area contributed by atoms with Crippen molar-refractivity contribution < 1.29 is 4.79 Å². The van der Waals surface area contributed by atoms with Crippen molar-refractivity contribution in [1.29, 1.82) is 0 Å². The zero-order valence-electron chi connectivity index (χ0n) is 13.1. The van der Waals surface area contributed by atoms with E-state index in [1.807, 2.05) is 18.3 Å². The lowest BCUT2D eigenvalue weighted by molar-refractivity contribution is 0.176. The van der Waals surface area contributed by atoms with Crippen LogP contribution >= 0.6 is 11.3 Å². The van der Waals surface area contributed by atoms with Crippen LogP contribution in [0.5, 0.6) is 0 Å². The van der Waals surface area contributed by atoms with Crippen LogP contribution in [-0.4, -0.2) is 36.6 Å². The normalized spacial score (nSPS) is 18.4. The van der Waals surface area contributed by atoms with Crippen LogP contribution in [0, 0.1) is 5.92 Å². The Morgan fingerprint density at radius 3 is 2.86 bits per heavy atom. The largest absolute Gasteiger partial charge is 0.338 e. The molecule has 118 valence electrons. The zero-order valence-corrected chi connectivity index (χ0v) is 13.9. The molecule has 5 heteroatoms. The molecule has 2 amide bonds. The van der Waals surface area contributed by atoms with Gasteiger partial charge in [0, 0.05) is 24.0 Å². The molecule has 0 radical (unpaired) electrons. The number of rotatable bonds is 6. The van der Waals surface area contributed by atoms with Gasteiger partial charge in [0.2, 0.25) is 0 Å². The predicted molar refractivity (Wildman–Crippen MR) is 88.6 cm³/mol. The summed E-state index contributed by atoms with van der Waals surface area (Å²) in [6.07, 6.45) is 3.32. The van der Waals surface area contributed by atoms with E-state index in [1.165, 1.54) is 17.7 Å². The Balaban J connectivity index is 1.61. The molecule has 0 aromatic carbocycles. The van der Waals surface area contributed by atoms with Crippen LogP contribution in [0.15, 0.2) is 17.5 Å². The number of hydrogen-bond acceptors (Lipinski definition) is 3. The van der Waals surface area contributed by atoms with Crippen LogP contribution in [-0.2, 0) is 6.54 Å². The second-order valence-corrected chi connectivity index (χ2v) is 6.99. The molecule has 0 bridgehead atoms. The van der Waals surface area contributed by atoms with Gasteiger partial charge in [0.1, 0.15) is 0 Å². The lowest BCUT2D eigenvalue weighted by Crippen LogP contribution is -2.44. The van der Waals surface area contributed by atoms with Gasteiger partial charge in [-0.1, -0.05) is 13.0 Å². The highest BCUT2D eigenvalue weighted by Crippen LogP contribution is 2.20. The SMILES string of the molecule is CCC(C)NC(=O)NCC1CCN(Cc2cccs2)CC1. The van der Waals surface area contributed by atoms with Gasteiger partial charge in [-0.15, -0.1) is 11.3 Å². The molecule has 1 fully saturated rings. The Kier molecular flexibility index (Phi) is 6.51. The summed E-state index contributed by atoms with van der Waals surface area (Å²) >= 11 is 1.83. The molecule has 4 nitrogen and oxygen atoms in total. The quantitative estimate of drug-likeness (QED) is 0.848. The molecule has 1 unspecified atom stereocenters. The highest BCUT2D eigenvalue weighted by atomic mass is 32.1. The predicted octanol–water partition coefficient (Wildman–Crippen LogP) is 3.06. The molecule has 0 spiro atoms. The maximum Gasteiger partial charge on any atom is 0.315 e. The van der Waals surface area contributed by atoms with Gasteiger partial charge < -0.3 is 10.6 Å². The number of amides is 2. The number of nitrogens with zero attached hydrogens (tertiary/aromatic N) is 1. The molecule has 1 aliphatic heterocycles. The number of nitrogens with one attached hydrogen (secondary N) is 2. The van der Waals surface area contributed by atoms with Crippen LogP contribution in [0.3, 0.4) is 0 Å². The molecule has 1 aliphatic rings. The van der Waals surface area contributed by atoms with Gasteiger partial charge in [-0.2, -0.15) is 0 Å². The van der Waals surface area contributed by atoms with E-state index in [0.717, 1.165) is 32.6 Å². The Morgan fingerprint density at radius 1 is 1.48 bits per heavy atom. The van der Waals surface area contributed by atoms with E-state index < -0.39 is 0 Å². The lowest BCUT2D eigenvalue weighted by atomic mass is 9.97. The molecule has 0 aliphatic carbocycles. The van der Waals surface area contributed by atoms with Crippen molar-refractivity contribution in [1.82, 2.24) is 15.5 Å². The second kappa shape index (κ2) is 8.39. The van der Waals surface area contributed by atoms with Crippen molar-refractivity contribution in [2.24, 2.45) is 5.92 Å². The fraction of sp³-hybridized carbons (Fsp3) is 0.688. The number of likely N-dealkylation sites (tertiary alicyclic amines) is 1. The van der Waals surface area contributed by atoms with Gasteiger partial charge in [0.05, 0.1) is 0 Å². The fourth-order valence-electron chi connectivity index (χ4n) is 2.59. The summed E-state index contributed by atoms with van der Waals surface area (Å²) < 4.78 is 0. The van der Waals surface area contributed by atoms with E-state index in [2.05, 4.69) is 40.0 Å². The minimum Gasteiger partial charge on any atom is -0.338 e. The van der Waals surface area contributed by atoms with E-state index >= 15 is 0 Å². The van der Waals surface area contributed by atoms with Gasteiger partial charge in [0.15, 0.2) is 0 Å². The highest BCUT2D eigenvalue weighted by molar-refractivity contribution is 7.09. The average molecular weight is 309 g/mol. The van der Waals surface area contributed by atoms with Crippen LogP contribution in [0.1, 0.15) is 38.0 Å². The number of carbonyl (C=O) groups is 1. The summed E-state index contributed by atoms with van der Waals surface area (Å²) in [5.41, 5.74) is 0. The average Bonchev–Trinajstić information content (AvgIpc) is 2.99. The summed E-state index contributed by atoms with van der Waals surface area (Å²) in [4.78, 5) is 15.7. The first-order valence-corrected chi connectivity index (χ1v) is 8.84. The maximum atomic E-state index is 11.7.